The highest BCUT2D eigenvalue weighted by Gasteiger charge is 2.26. The van der Waals surface area contributed by atoms with E-state index in [1.807, 2.05) is 0 Å². The lowest BCUT2D eigenvalue weighted by molar-refractivity contribution is 0.102. The van der Waals surface area contributed by atoms with Gasteiger partial charge in [0.05, 0.1) is 11.3 Å². The number of nitrogens with one attached hydrogen (secondary N) is 1. The first-order valence-corrected chi connectivity index (χ1v) is 9.88. The average molecular weight is 390 g/mol. The number of rotatable bonds is 5. The van der Waals surface area contributed by atoms with Crippen LogP contribution in [0.15, 0.2) is 83.8 Å². The van der Waals surface area contributed by atoms with Crippen LogP contribution in [-0.2, 0) is 10.0 Å². The smallest absolute Gasteiger partial charge is 0.264 e. The van der Waals surface area contributed by atoms with Crippen LogP contribution in [0, 0.1) is 12.3 Å². The van der Waals surface area contributed by atoms with Gasteiger partial charge >= 0.3 is 0 Å². The number of anilines is 2. The Morgan fingerprint density at radius 2 is 1.64 bits per heavy atom. The van der Waals surface area contributed by atoms with Gasteiger partial charge < -0.3 is 5.32 Å². The summed E-state index contributed by atoms with van der Waals surface area (Å²) in [5, 5.41) is 2.71. The monoisotopic (exact) mass is 390 g/mol. The molecular weight excluding hydrogens is 372 g/mol. The fourth-order valence-corrected chi connectivity index (χ4v) is 4.07. The molecule has 0 bridgehead atoms. The van der Waals surface area contributed by atoms with Gasteiger partial charge in [0.15, 0.2) is 0 Å². The Morgan fingerprint density at radius 3 is 2.36 bits per heavy atom. The van der Waals surface area contributed by atoms with Crippen molar-refractivity contribution in [2.45, 2.75) is 4.90 Å². The van der Waals surface area contributed by atoms with E-state index in [0.717, 1.165) is 4.31 Å². The second kappa shape index (κ2) is 7.99. The van der Waals surface area contributed by atoms with Gasteiger partial charge in [-0.05, 0) is 42.5 Å². The maximum atomic E-state index is 13.1. The maximum absolute atomic E-state index is 13.1. The highest BCUT2D eigenvalue weighted by atomic mass is 32.2. The molecule has 0 aromatic heterocycles. The molecule has 6 heteroatoms. The Hall–Kier alpha value is -3.56. The Bertz CT molecular complexity index is 1150. The van der Waals surface area contributed by atoms with Gasteiger partial charge in [0, 0.05) is 18.3 Å². The molecule has 0 spiro atoms. The summed E-state index contributed by atoms with van der Waals surface area (Å²) >= 11 is 0. The summed E-state index contributed by atoms with van der Waals surface area (Å²) in [6.45, 7) is 0. The predicted molar refractivity (Wildman–Crippen MR) is 111 cm³/mol. The first-order valence-electron chi connectivity index (χ1n) is 8.44. The molecule has 0 fully saturated rings. The lowest BCUT2D eigenvalue weighted by atomic mass is 10.2. The first kappa shape index (κ1) is 19.2. The minimum absolute atomic E-state index is 0.0522. The molecule has 0 heterocycles. The fourth-order valence-electron chi connectivity index (χ4n) is 2.69. The number of hydrogen-bond donors (Lipinski definition) is 1. The Labute approximate surface area is 164 Å². The third-order valence-corrected chi connectivity index (χ3v) is 6.02. The van der Waals surface area contributed by atoms with E-state index in [1.165, 1.54) is 19.2 Å². The van der Waals surface area contributed by atoms with Crippen LogP contribution in [0.3, 0.4) is 0 Å². The molecule has 0 saturated heterocycles. The molecule has 0 aliphatic carbocycles. The minimum atomic E-state index is -3.93. The highest BCUT2D eigenvalue weighted by molar-refractivity contribution is 7.92. The average Bonchev–Trinajstić information content (AvgIpc) is 2.74. The van der Waals surface area contributed by atoms with E-state index in [2.05, 4.69) is 11.2 Å². The molecule has 28 heavy (non-hydrogen) atoms. The van der Waals surface area contributed by atoms with Crippen LogP contribution in [0.4, 0.5) is 11.4 Å². The van der Waals surface area contributed by atoms with E-state index < -0.39 is 15.9 Å². The van der Waals surface area contributed by atoms with Crippen molar-refractivity contribution in [1.82, 2.24) is 0 Å². The number of sulfonamides is 1. The SMILES string of the molecule is C#Cc1cccc(NC(=O)c2ccccc2S(=O)(=O)N(C)c2ccccc2)c1. The highest BCUT2D eigenvalue weighted by Crippen LogP contribution is 2.25. The van der Waals surface area contributed by atoms with Crippen molar-refractivity contribution in [3.8, 4) is 12.3 Å². The lowest BCUT2D eigenvalue weighted by Gasteiger charge is -2.21. The van der Waals surface area contributed by atoms with Gasteiger partial charge in [0.1, 0.15) is 4.90 Å². The summed E-state index contributed by atoms with van der Waals surface area (Å²) in [5.41, 5.74) is 1.66. The number of benzene rings is 3. The predicted octanol–water partition coefficient (Wildman–Crippen LogP) is 3.75. The van der Waals surface area contributed by atoms with E-state index in [4.69, 9.17) is 6.42 Å². The van der Waals surface area contributed by atoms with Gasteiger partial charge in [-0.2, -0.15) is 0 Å². The maximum Gasteiger partial charge on any atom is 0.264 e. The largest absolute Gasteiger partial charge is 0.322 e. The molecule has 0 aliphatic rings. The van der Waals surface area contributed by atoms with Crippen molar-refractivity contribution < 1.29 is 13.2 Å². The van der Waals surface area contributed by atoms with Crippen molar-refractivity contribution in [2.24, 2.45) is 0 Å². The second-order valence-electron chi connectivity index (χ2n) is 5.98. The van der Waals surface area contributed by atoms with E-state index in [-0.39, 0.29) is 10.5 Å². The van der Waals surface area contributed by atoms with Crippen LogP contribution in [-0.4, -0.2) is 21.4 Å². The number of carbonyl (C=O) groups excluding carboxylic acids is 1. The molecule has 5 nitrogen and oxygen atoms in total. The van der Waals surface area contributed by atoms with Crippen molar-refractivity contribution in [2.75, 3.05) is 16.7 Å². The number of nitrogens with zero attached hydrogens (tertiary/aromatic N) is 1. The Balaban J connectivity index is 1.96. The molecule has 140 valence electrons. The van der Waals surface area contributed by atoms with Crippen LogP contribution in [0.5, 0.6) is 0 Å². The molecule has 3 aromatic rings. The zero-order valence-electron chi connectivity index (χ0n) is 15.2. The molecule has 0 atom stereocenters. The third kappa shape index (κ3) is 3.90. The van der Waals surface area contributed by atoms with Crippen LogP contribution >= 0.6 is 0 Å². The zero-order chi connectivity index (χ0) is 20.1. The molecule has 3 aromatic carbocycles. The van der Waals surface area contributed by atoms with Crippen LogP contribution in [0.1, 0.15) is 15.9 Å². The fraction of sp³-hybridized carbons (Fsp3) is 0.0455. The molecule has 0 unspecified atom stereocenters. The number of hydrogen-bond acceptors (Lipinski definition) is 3. The Morgan fingerprint density at radius 1 is 0.964 bits per heavy atom. The van der Waals surface area contributed by atoms with Gasteiger partial charge in [0.2, 0.25) is 0 Å². The van der Waals surface area contributed by atoms with Crippen molar-refractivity contribution in [3.05, 3.63) is 90.0 Å². The number of para-hydroxylation sites is 1. The van der Waals surface area contributed by atoms with E-state index in [1.54, 1.807) is 66.7 Å². The van der Waals surface area contributed by atoms with Crippen molar-refractivity contribution >= 4 is 27.3 Å². The number of amides is 1. The molecule has 1 amide bonds. The quantitative estimate of drug-likeness (QED) is 0.675. The third-order valence-electron chi connectivity index (χ3n) is 4.18. The summed E-state index contributed by atoms with van der Waals surface area (Å²) in [7, 11) is -2.48. The summed E-state index contributed by atoms with van der Waals surface area (Å²) in [6.07, 6.45) is 5.38. The molecule has 0 saturated carbocycles. The standard InChI is InChI=1S/C22H18N2O3S/c1-3-17-10-9-11-18(16-17)23-22(25)20-14-7-8-15-21(20)28(26,27)24(2)19-12-5-4-6-13-19/h1,4-16H,2H3,(H,23,25). The zero-order valence-corrected chi connectivity index (χ0v) is 16.0. The number of terminal acetylenes is 1. The first-order chi connectivity index (χ1) is 13.4. The van der Waals surface area contributed by atoms with E-state index in [0.29, 0.717) is 16.9 Å². The van der Waals surface area contributed by atoms with Gasteiger partial charge in [-0.3, -0.25) is 9.10 Å². The minimum Gasteiger partial charge on any atom is -0.322 e. The van der Waals surface area contributed by atoms with Crippen molar-refractivity contribution in [1.29, 1.82) is 0 Å². The molecule has 0 aliphatic heterocycles. The summed E-state index contributed by atoms with van der Waals surface area (Å²) in [6, 6.07) is 21.6. The second-order valence-corrected chi connectivity index (χ2v) is 7.92. The van der Waals surface area contributed by atoms with Crippen LogP contribution in [0.25, 0.3) is 0 Å². The molecule has 0 radical (unpaired) electrons. The van der Waals surface area contributed by atoms with Gasteiger partial charge in [-0.25, -0.2) is 8.42 Å². The number of carbonyl (C=O) groups is 1. The van der Waals surface area contributed by atoms with Gasteiger partial charge in [-0.1, -0.05) is 42.3 Å². The van der Waals surface area contributed by atoms with E-state index >= 15 is 0 Å². The molecular formula is C22H18N2O3S. The van der Waals surface area contributed by atoms with Crippen molar-refractivity contribution in [3.63, 3.8) is 0 Å². The van der Waals surface area contributed by atoms with Crippen LogP contribution < -0.4 is 9.62 Å². The molecule has 3 rings (SSSR count). The summed E-state index contributed by atoms with van der Waals surface area (Å²) < 4.78 is 27.4. The van der Waals surface area contributed by atoms with Gasteiger partial charge in [-0.15, -0.1) is 6.42 Å². The molecule has 1 N–H and O–H groups in total. The topological polar surface area (TPSA) is 66.5 Å². The summed E-state index contributed by atoms with van der Waals surface area (Å²) in [4.78, 5) is 12.7. The van der Waals surface area contributed by atoms with Gasteiger partial charge in [0.25, 0.3) is 15.9 Å². The van der Waals surface area contributed by atoms with Crippen LogP contribution in [0.2, 0.25) is 0 Å². The Kier molecular flexibility index (Phi) is 5.48. The van der Waals surface area contributed by atoms with E-state index in [9.17, 15) is 13.2 Å². The normalized spacial score (nSPS) is 10.7. The lowest BCUT2D eigenvalue weighted by Crippen LogP contribution is -2.28. The summed E-state index contributed by atoms with van der Waals surface area (Å²) in [5.74, 6) is 1.96.